The number of aromatic nitrogens is 1. The largest absolute Gasteiger partial charge is 0.475 e. The van der Waals surface area contributed by atoms with Crippen molar-refractivity contribution in [1.82, 2.24) is 4.98 Å². The van der Waals surface area contributed by atoms with Gasteiger partial charge in [0.25, 0.3) is 5.69 Å². The molecule has 0 amide bonds. The lowest BCUT2D eigenvalue weighted by molar-refractivity contribution is -0.383. The average Bonchev–Trinajstić information content (AvgIpc) is 2.38. The molecule has 1 unspecified atom stereocenters. The Morgan fingerprint density at radius 2 is 2.28 bits per heavy atom. The van der Waals surface area contributed by atoms with Gasteiger partial charge in [0.1, 0.15) is 11.8 Å². The van der Waals surface area contributed by atoms with Crippen molar-refractivity contribution >= 4 is 16.6 Å². The van der Waals surface area contributed by atoms with Crippen LogP contribution in [0.1, 0.15) is 6.92 Å². The number of hydrogen-bond acceptors (Lipinski definition) is 5. The van der Waals surface area contributed by atoms with E-state index in [0.29, 0.717) is 11.1 Å². The van der Waals surface area contributed by atoms with Gasteiger partial charge in [-0.15, -0.1) is 0 Å². The number of nitro groups is 1. The van der Waals surface area contributed by atoms with E-state index in [9.17, 15) is 10.1 Å². The van der Waals surface area contributed by atoms with E-state index in [0.717, 1.165) is 0 Å². The van der Waals surface area contributed by atoms with Gasteiger partial charge in [0.05, 0.1) is 4.92 Å². The molecule has 0 spiro atoms. The zero-order valence-electron chi connectivity index (χ0n) is 9.53. The molecule has 1 aromatic carbocycles. The van der Waals surface area contributed by atoms with Crippen molar-refractivity contribution in [3.63, 3.8) is 0 Å². The van der Waals surface area contributed by atoms with Crippen molar-refractivity contribution < 1.29 is 9.66 Å². The van der Waals surface area contributed by atoms with Gasteiger partial charge >= 0.3 is 0 Å². The molecule has 1 heterocycles. The van der Waals surface area contributed by atoms with Crippen LogP contribution in [0.4, 0.5) is 5.69 Å². The summed E-state index contributed by atoms with van der Waals surface area (Å²) in [7, 11) is 0. The van der Waals surface area contributed by atoms with Crippen molar-refractivity contribution in [3.05, 3.63) is 40.6 Å². The molecule has 1 aromatic heterocycles. The van der Waals surface area contributed by atoms with Crippen LogP contribution in [-0.4, -0.2) is 16.0 Å². The Kier molecular flexibility index (Phi) is 3.06. The van der Waals surface area contributed by atoms with Gasteiger partial charge in [0.2, 0.25) is 0 Å². The number of benzene rings is 1. The summed E-state index contributed by atoms with van der Waals surface area (Å²) in [5, 5.41) is 20.1. The van der Waals surface area contributed by atoms with Crippen LogP contribution in [-0.2, 0) is 0 Å². The molecule has 6 nitrogen and oxygen atoms in total. The quantitative estimate of drug-likeness (QED) is 0.610. The highest BCUT2D eigenvalue weighted by molar-refractivity contribution is 5.92. The Morgan fingerprint density at radius 1 is 1.50 bits per heavy atom. The first-order chi connectivity index (χ1) is 8.63. The van der Waals surface area contributed by atoms with Crippen molar-refractivity contribution in [2.24, 2.45) is 0 Å². The third-order valence-corrected chi connectivity index (χ3v) is 2.39. The second kappa shape index (κ2) is 4.67. The topological polar surface area (TPSA) is 89.0 Å². The molecular weight excluding hydrogens is 234 g/mol. The third-order valence-electron chi connectivity index (χ3n) is 2.39. The number of non-ortho nitro benzene ring substituents is 1. The number of nitro benzene ring substituents is 1. The molecule has 90 valence electrons. The Hall–Kier alpha value is -2.68. The van der Waals surface area contributed by atoms with Gasteiger partial charge in [-0.2, -0.15) is 5.26 Å². The van der Waals surface area contributed by atoms with E-state index < -0.39 is 11.0 Å². The summed E-state index contributed by atoms with van der Waals surface area (Å²) < 4.78 is 5.39. The van der Waals surface area contributed by atoms with Gasteiger partial charge in [0.15, 0.2) is 11.6 Å². The number of fused-ring (bicyclic) bond motifs is 1. The van der Waals surface area contributed by atoms with Crippen LogP contribution in [0.15, 0.2) is 30.5 Å². The molecule has 0 radical (unpaired) electrons. The summed E-state index contributed by atoms with van der Waals surface area (Å²) >= 11 is 0. The molecule has 0 bridgehead atoms. The molecule has 1 atom stereocenters. The normalized spacial score (nSPS) is 11.8. The Morgan fingerprint density at radius 3 is 2.94 bits per heavy atom. The second-order valence-electron chi connectivity index (χ2n) is 3.63. The highest BCUT2D eigenvalue weighted by Gasteiger charge is 2.16. The fourth-order valence-corrected chi connectivity index (χ4v) is 1.60. The van der Waals surface area contributed by atoms with E-state index in [2.05, 4.69) is 4.98 Å². The van der Waals surface area contributed by atoms with Crippen LogP contribution >= 0.6 is 0 Å². The van der Waals surface area contributed by atoms with E-state index in [4.69, 9.17) is 10.00 Å². The minimum atomic E-state index is -0.630. The third kappa shape index (κ3) is 2.06. The predicted molar refractivity (Wildman–Crippen MR) is 64.1 cm³/mol. The number of hydrogen-bond donors (Lipinski definition) is 0. The monoisotopic (exact) mass is 243 g/mol. The maximum Gasteiger partial charge on any atom is 0.295 e. The van der Waals surface area contributed by atoms with Gasteiger partial charge in [-0.3, -0.25) is 10.1 Å². The summed E-state index contributed by atoms with van der Waals surface area (Å²) in [5.74, 6) is 0.415. The van der Waals surface area contributed by atoms with Gasteiger partial charge in [-0.1, -0.05) is 0 Å². The van der Waals surface area contributed by atoms with E-state index in [-0.39, 0.29) is 11.2 Å². The van der Waals surface area contributed by atoms with Crippen molar-refractivity contribution in [3.8, 4) is 11.8 Å². The van der Waals surface area contributed by atoms with Crippen molar-refractivity contribution in [2.45, 2.75) is 13.0 Å². The fourth-order valence-electron chi connectivity index (χ4n) is 1.60. The Labute approximate surface area is 103 Å². The SMILES string of the molecule is CC(C#N)Oc1ccc([N+](=O)[O-])c2ncccc12. The summed E-state index contributed by atoms with van der Waals surface area (Å²) in [4.78, 5) is 14.4. The zero-order chi connectivity index (χ0) is 13.1. The maximum absolute atomic E-state index is 10.9. The van der Waals surface area contributed by atoms with Gasteiger partial charge < -0.3 is 4.74 Å². The molecule has 0 N–H and O–H groups in total. The molecule has 0 aliphatic rings. The average molecular weight is 243 g/mol. The van der Waals surface area contributed by atoms with E-state index in [1.54, 1.807) is 19.1 Å². The summed E-state index contributed by atoms with van der Waals surface area (Å²) in [6.07, 6.45) is 0.849. The summed E-state index contributed by atoms with van der Waals surface area (Å²) in [5.41, 5.74) is 0.174. The van der Waals surface area contributed by atoms with Crippen LogP contribution in [0.3, 0.4) is 0 Å². The van der Waals surface area contributed by atoms with Crippen molar-refractivity contribution in [2.75, 3.05) is 0 Å². The lowest BCUT2D eigenvalue weighted by atomic mass is 10.1. The molecule has 0 saturated heterocycles. The smallest absolute Gasteiger partial charge is 0.295 e. The molecule has 0 saturated carbocycles. The van der Waals surface area contributed by atoms with Crippen LogP contribution < -0.4 is 4.74 Å². The molecule has 2 aromatic rings. The maximum atomic E-state index is 10.9. The minimum absolute atomic E-state index is 0.0810. The number of rotatable bonds is 3. The predicted octanol–water partition coefficient (Wildman–Crippen LogP) is 2.43. The molecule has 0 aliphatic carbocycles. The molecule has 0 aliphatic heterocycles. The first kappa shape index (κ1) is 11.8. The lowest BCUT2D eigenvalue weighted by Crippen LogP contribution is -2.08. The molecule has 6 heteroatoms. The first-order valence-electron chi connectivity index (χ1n) is 5.22. The Bertz CT molecular complexity index is 649. The highest BCUT2D eigenvalue weighted by Crippen LogP contribution is 2.31. The van der Waals surface area contributed by atoms with E-state index in [1.807, 2.05) is 6.07 Å². The number of pyridine rings is 1. The minimum Gasteiger partial charge on any atom is -0.475 e. The number of ether oxygens (including phenoxy) is 1. The first-order valence-corrected chi connectivity index (χ1v) is 5.22. The second-order valence-corrected chi connectivity index (χ2v) is 3.63. The number of nitriles is 1. The summed E-state index contributed by atoms with van der Waals surface area (Å²) in [6.45, 7) is 1.60. The Balaban J connectivity index is 2.61. The van der Waals surface area contributed by atoms with Crippen LogP contribution in [0.25, 0.3) is 10.9 Å². The lowest BCUT2D eigenvalue weighted by Gasteiger charge is -2.10. The summed E-state index contributed by atoms with van der Waals surface area (Å²) in [6, 6.07) is 8.09. The number of nitrogens with zero attached hydrogens (tertiary/aromatic N) is 3. The molecule has 18 heavy (non-hydrogen) atoms. The van der Waals surface area contributed by atoms with E-state index in [1.165, 1.54) is 18.3 Å². The van der Waals surface area contributed by atoms with Crippen LogP contribution in [0.2, 0.25) is 0 Å². The zero-order valence-corrected chi connectivity index (χ0v) is 9.53. The molecule has 0 fully saturated rings. The molecular formula is C12H9N3O3. The standard InChI is InChI=1S/C12H9N3O3/c1-8(7-13)18-11-5-4-10(15(16)17)12-9(11)3-2-6-14-12/h2-6,8H,1H3. The highest BCUT2D eigenvalue weighted by atomic mass is 16.6. The molecule has 2 rings (SSSR count). The van der Waals surface area contributed by atoms with Crippen LogP contribution in [0, 0.1) is 21.4 Å². The van der Waals surface area contributed by atoms with E-state index >= 15 is 0 Å². The fraction of sp³-hybridized carbons (Fsp3) is 0.167. The van der Waals surface area contributed by atoms with Gasteiger partial charge in [0, 0.05) is 17.6 Å². The van der Waals surface area contributed by atoms with Crippen molar-refractivity contribution in [1.29, 1.82) is 5.26 Å². The van der Waals surface area contributed by atoms with Gasteiger partial charge in [-0.05, 0) is 25.1 Å². The van der Waals surface area contributed by atoms with Crippen LogP contribution in [0.5, 0.6) is 5.75 Å². The van der Waals surface area contributed by atoms with Gasteiger partial charge in [-0.25, -0.2) is 4.98 Å².